The number of hydrogen-bond donors (Lipinski definition) is 2. The molecule has 1 aromatic heterocycles. The van der Waals surface area contributed by atoms with Crippen LogP contribution in [0, 0.1) is 11.7 Å². The summed E-state index contributed by atoms with van der Waals surface area (Å²) in [6.07, 6.45) is -0.809. The number of halogens is 1. The van der Waals surface area contributed by atoms with E-state index >= 15 is 0 Å². The predicted molar refractivity (Wildman–Crippen MR) is 149 cm³/mol. The predicted octanol–water partition coefficient (Wildman–Crippen LogP) is 3.23. The van der Waals surface area contributed by atoms with Crippen molar-refractivity contribution < 1.29 is 35.9 Å². The standard InChI is InChI=1S/C26H30FN3O7S3/c1-17-14-30(18(2)16-31)26(32)21-6-4-7-22(28-39(33,34)20-11-9-19(27)10-12-20)25(21)37-23(17)15-29(3)40(35,36)24-8-5-13-38-24/h4-13,17-18,23,28,31H,14-16H2,1-3H3/t17-,18-,23-/m0/s1. The fourth-order valence-corrected chi connectivity index (χ4v) is 7.72. The van der Waals surface area contributed by atoms with Crippen LogP contribution in [0.3, 0.4) is 0 Å². The largest absolute Gasteiger partial charge is 0.486 e. The number of aliphatic hydroxyl groups is 1. The fraction of sp³-hybridized carbons (Fsp3) is 0.346. The van der Waals surface area contributed by atoms with Crippen LogP contribution in [-0.4, -0.2) is 75.9 Å². The van der Waals surface area contributed by atoms with Gasteiger partial charge in [0, 0.05) is 19.5 Å². The summed E-state index contributed by atoms with van der Waals surface area (Å²) >= 11 is 1.08. The molecule has 1 aliphatic rings. The monoisotopic (exact) mass is 611 g/mol. The molecule has 0 fully saturated rings. The van der Waals surface area contributed by atoms with Gasteiger partial charge >= 0.3 is 0 Å². The zero-order valence-electron chi connectivity index (χ0n) is 22.0. The summed E-state index contributed by atoms with van der Waals surface area (Å²) in [5.74, 6) is -1.58. The smallest absolute Gasteiger partial charge is 0.262 e. The van der Waals surface area contributed by atoms with Crippen LogP contribution in [0.2, 0.25) is 0 Å². The van der Waals surface area contributed by atoms with Crippen LogP contribution < -0.4 is 9.46 Å². The normalized spacial score (nSPS) is 18.9. The van der Waals surface area contributed by atoms with Crippen LogP contribution >= 0.6 is 11.3 Å². The van der Waals surface area contributed by atoms with Gasteiger partial charge in [0.05, 0.1) is 35.3 Å². The molecule has 0 spiro atoms. The van der Waals surface area contributed by atoms with Crippen molar-refractivity contribution in [1.29, 1.82) is 0 Å². The minimum absolute atomic E-state index is 0.0419. The molecule has 10 nitrogen and oxygen atoms in total. The summed E-state index contributed by atoms with van der Waals surface area (Å²) in [7, 11) is -6.62. The molecule has 40 heavy (non-hydrogen) atoms. The summed E-state index contributed by atoms with van der Waals surface area (Å²) in [5.41, 5.74) is -0.00471. The van der Waals surface area contributed by atoms with Gasteiger partial charge in [-0.05, 0) is 54.8 Å². The number of ether oxygens (including phenoxy) is 1. The van der Waals surface area contributed by atoms with Crippen LogP contribution in [0.25, 0.3) is 0 Å². The van der Waals surface area contributed by atoms with Crippen molar-refractivity contribution in [2.24, 2.45) is 5.92 Å². The van der Waals surface area contributed by atoms with Crippen molar-refractivity contribution in [3.05, 3.63) is 71.4 Å². The molecule has 0 saturated carbocycles. The molecule has 0 saturated heterocycles. The van der Waals surface area contributed by atoms with Crippen molar-refractivity contribution in [3.8, 4) is 5.75 Å². The minimum atomic E-state index is -4.21. The average Bonchev–Trinajstić information content (AvgIpc) is 3.47. The fourth-order valence-electron chi connectivity index (χ4n) is 4.27. The lowest BCUT2D eigenvalue weighted by Gasteiger charge is -2.38. The first-order valence-corrected chi connectivity index (χ1v) is 16.1. The molecule has 14 heteroatoms. The molecule has 2 heterocycles. The molecular weight excluding hydrogens is 581 g/mol. The Kier molecular flexibility index (Phi) is 8.85. The molecule has 3 atom stereocenters. The number of anilines is 1. The average molecular weight is 612 g/mol. The van der Waals surface area contributed by atoms with E-state index in [0.29, 0.717) is 0 Å². The first-order chi connectivity index (χ1) is 18.8. The zero-order chi connectivity index (χ0) is 29.2. The highest BCUT2D eigenvalue weighted by Gasteiger charge is 2.36. The van der Waals surface area contributed by atoms with Gasteiger partial charge in [-0.2, -0.15) is 4.31 Å². The van der Waals surface area contributed by atoms with E-state index in [2.05, 4.69) is 4.72 Å². The van der Waals surface area contributed by atoms with E-state index in [1.54, 1.807) is 25.3 Å². The first kappa shape index (κ1) is 29.9. The van der Waals surface area contributed by atoms with Gasteiger partial charge in [-0.25, -0.2) is 21.2 Å². The number of para-hydroxylation sites is 1. The number of carbonyl (C=O) groups excluding carboxylic acids is 1. The Labute approximate surface area is 237 Å². The highest BCUT2D eigenvalue weighted by molar-refractivity contribution is 7.92. The Balaban J connectivity index is 1.76. The first-order valence-electron chi connectivity index (χ1n) is 12.3. The van der Waals surface area contributed by atoms with E-state index in [9.17, 15) is 31.1 Å². The number of carbonyl (C=O) groups is 1. The van der Waals surface area contributed by atoms with Gasteiger partial charge in [-0.15, -0.1) is 11.3 Å². The Morgan fingerprint density at radius 2 is 1.85 bits per heavy atom. The van der Waals surface area contributed by atoms with Gasteiger partial charge in [-0.3, -0.25) is 9.52 Å². The lowest BCUT2D eigenvalue weighted by atomic mass is 9.99. The van der Waals surface area contributed by atoms with E-state index in [1.807, 2.05) is 0 Å². The quantitative estimate of drug-likeness (QED) is 0.380. The highest BCUT2D eigenvalue weighted by atomic mass is 32.2. The number of nitrogens with zero attached hydrogens (tertiary/aromatic N) is 2. The maximum Gasteiger partial charge on any atom is 0.262 e. The maximum atomic E-state index is 13.6. The molecule has 3 aromatic rings. The van der Waals surface area contributed by atoms with E-state index < -0.39 is 49.8 Å². The number of hydrogen-bond acceptors (Lipinski definition) is 8. The number of likely N-dealkylation sites (N-methyl/N-ethyl adjacent to an activating group) is 1. The number of thiophene rings is 1. The molecule has 2 aromatic carbocycles. The third-order valence-electron chi connectivity index (χ3n) is 6.66. The third-order valence-corrected chi connectivity index (χ3v) is 11.2. The summed E-state index contributed by atoms with van der Waals surface area (Å²) in [4.78, 5) is 14.9. The Morgan fingerprint density at radius 3 is 2.48 bits per heavy atom. The lowest BCUT2D eigenvalue weighted by Crippen LogP contribution is -2.50. The zero-order valence-corrected chi connectivity index (χ0v) is 24.5. The van der Waals surface area contributed by atoms with Crippen molar-refractivity contribution in [1.82, 2.24) is 9.21 Å². The number of fused-ring (bicyclic) bond motifs is 1. The van der Waals surface area contributed by atoms with Crippen LogP contribution in [0.15, 0.2) is 69.1 Å². The van der Waals surface area contributed by atoms with Gasteiger partial charge in [-0.1, -0.05) is 19.1 Å². The maximum absolute atomic E-state index is 13.6. The van der Waals surface area contributed by atoms with E-state index in [0.717, 1.165) is 39.9 Å². The number of rotatable bonds is 9. The third kappa shape index (κ3) is 6.15. The van der Waals surface area contributed by atoms with Gasteiger partial charge in [0.25, 0.3) is 26.0 Å². The van der Waals surface area contributed by atoms with Gasteiger partial charge < -0.3 is 14.7 Å². The molecule has 4 rings (SSSR count). The molecule has 0 radical (unpaired) electrons. The van der Waals surface area contributed by atoms with Crippen LogP contribution in [0.4, 0.5) is 10.1 Å². The second-order valence-corrected chi connectivity index (χ2v) is 14.5. The van der Waals surface area contributed by atoms with Gasteiger partial charge in [0.15, 0.2) is 5.75 Å². The Hall–Kier alpha value is -3.04. The number of amides is 1. The van der Waals surface area contributed by atoms with Crippen molar-refractivity contribution in [2.45, 2.75) is 35.1 Å². The van der Waals surface area contributed by atoms with E-state index in [4.69, 9.17) is 4.74 Å². The molecule has 0 bridgehead atoms. The topological polar surface area (TPSA) is 133 Å². The molecule has 2 N–H and O–H groups in total. The minimum Gasteiger partial charge on any atom is -0.486 e. The van der Waals surface area contributed by atoms with Crippen molar-refractivity contribution in [2.75, 3.05) is 31.5 Å². The molecule has 1 amide bonds. The molecule has 0 unspecified atom stereocenters. The lowest BCUT2D eigenvalue weighted by molar-refractivity contribution is 0.0389. The molecule has 0 aliphatic carbocycles. The van der Waals surface area contributed by atoms with Crippen molar-refractivity contribution >= 4 is 43.0 Å². The molecule has 1 aliphatic heterocycles. The van der Waals surface area contributed by atoms with Crippen LogP contribution in [0.1, 0.15) is 24.2 Å². The van der Waals surface area contributed by atoms with Crippen molar-refractivity contribution in [3.63, 3.8) is 0 Å². The Morgan fingerprint density at radius 1 is 1.15 bits per heavy atom. The van der Waals surface area contributed by atoms with E-state index in [1.165, 1.54) is 36.2 Å². The SMILES string of the molecule is C[C@H]1CN([C@@H](C)CO)C(=O)c2cccc(NS(=O)(=O)c3ccc(F)cc3)c2O[C@H]1CN(C)S(=O)(=O)c1cccs1. The second kappa shape index (κ2) is 11.8. The Bertz CT molecular complexity index is 1560. The highest BCUT2D eigenvalue weighted by Crippen LogP contribution is 2.36. The van der Waals surface area contributed by atoms with E-state index in [-0.39, 0.29) is 45.8 Å². The van der Waals surface area contributed by atoms with Crippen LogP contribution in [-0.2, 0) is 20.0 Å². The number of aliphatic hydroxyl groups excluding tert-OH is 1. The summed E-state index contributed by atoms with van der Waals surface area (Å²) in [6.45, 7) is 3.20. The molecule has 216 valence electrons. The summed E-state index contributed by atoms with van der Waals surface area (Å²) in [5, 5.41) is 11.5. The molecular formula is C26H30FN3O7S3. The summed E-state index contributed by atoms with van der Waals surface area (Å²) in [6, 6.07) is 11.2. The van der Waals surface area contributed by atoms with Crippen LogP contribution in [0.5, 0.6) is 5.75 Å². The second-order valence-electron chi connectivity index (χ2n) is 9.58. The van der Waals surface area contributed by atoms with Gasteiger partial charge in [0.2, 0.25) is 0 Å². The number of benzene rings is 2. The number of sulfonamides is 2. The number of nitrogens with one attached hydrogen (secondary N) is 1. The summed E-state index contributed by atoms with van der Waals surface area (Å²) < 4.78 is 76.0. The van der Waals surface area contributed by atoms with Gasteiger partial charge in [0.1, 0.15) is 16.1 Å².